The third-order valence-corrected chi connectivity index (χ3v) is 4.14. The fourth-order valence-electron chi connectivity index (χ4n) is 1.80. The summed E-state index contributed by atoms with van der Waals surface area (Å²) < 4.78 is 12.2. The summed E-state index contributed by atoms with van der Waals surface area (Å²) in [5, 5.41) is 0.673. The number of esters is 1. The first kappa shape index (κ1) is 14.5. The molecule has 0 amide bonds. The largest absolute Gasteiger partial charge is 0.462 e. The molecule has 0 fully saturated rings. The molecule has 2 heterocycles. The quantitative estimate of drug-likeness (QED) is 0.596. The van der Waals surface area contributed by atoms with Crippen LogP contribution in [0.15, 0.2) is 6.07 Å². The molecule has 0 unspecified atom stereocenters. The van der Waals surface area contributed by atoms with Crippen LogP contribution < -0.4 is 0 Å². The van der Waals surface area contributed by atoms with Crippen molar-refractivity contribution in [2.45, 2.75) is 18.8 Å². The Hall–Kier alpha value is -0.920. The molecule has 2 aromatic rings. The van der Waals surface area contributed by atoms with Gasteiger partial charge in [0.2, 0.25) is 0 Å². The third-order valence-electron chi connectivity index (χ3n) is 2.64. The van der Waals surface area contributed by atoms with E-state index in [-0.39, 0.29) is 5.97 Å². The van der Waals surface area contributed by atoms with E-state index in [9.17, 15) is 4.79 Å². The molecule has 0 saturated heterocycles. The van der Waals surface area contributed by atoms with Gasteiger partial charge >= 0.3 is 5.97 Å². The lowest BCUT2D eigenvalue weighted by Gasteiger charge is -2.05. The molecule has 0 bridgehead atoms. The minimum atomic E-state index is -0.288. The Balaban J connectivity index is 2.37. The highest BCUT2D eigenvalue weighted by atomic mass is 79.9. The number of alkyl halides is 1. The number of imidazole rings is 1. The third kappa shape index (κ3) is 2.98. The van der Waals surface area contributed by atoms with Crippen LogP contribution >= 0.6 is 27.3 Å². The molecule has 0 atom stereocenters. The molecule has 0 aromatic carbocycles. The number of hydrogen-bond acceptors (Lipinski definition) is 5. The average Bonchev–Trinajstić information content (AvgIpc) is 2.94. The fraction of sp³-hybridized carbons (Fsp3) is 0.500. The Morgan fingerprint density at radius 1 is 1.58 bits per heavy atom. The second-order valence-electron chi connectivity index (χ2n) is 3.83. The summed E-state index contributed by atoms with van der Waals surface area (Å²) in [4.78, 5) is 17.7. The predicted octanol–water partition coefficient (Wildman–Crippen LogP) is 2.82. The number of halogens is 1. The lowest BCUT2D eigenvalue weighted by Crippen LogP contribution is -2.07. The number of hydrogen-bond donors (Lipinski definition) is 0. The first-order valence-electron chi connectivity index (χ1n) is 5.92. The Morgan fingerprint density at radius 3 is 3.00 bits per heavy atom. The Kier molecular flexibility index (Phi) is 4.95. The van der Waals surface area contributed by atoms with Crippen LogP contribution in [-0.2, 0) is 21.3 Å². The van der Waals surface area contributed by atoms with E-state index in [0.717, 1.165) is 16.2 Å². The van der Waals surface area contributed by atoms with Gasteiger partial charge in [0, 0.05) is 13.7 Å². The van der Waals surface area contributed by atoms with Crippen molar-refractivity contribution in [3.05, 3.63) is 16.8 Å². The minimum absolute atomic E-state index is 0.288. The van der Waals surface area contributed by atoms with Crippen molar-refractivity contribution in [1.29, 1.82) is 0 Å². The zero-order chi connectivity index (χ0) is 13.8. The Morgan fingerprint density at radius 2 is 2.37 bits per heavy atom. The van der Waals surface area contributed by atoms with Crippen LogP contribution in [0.3, 0.4) is 0 Å². The number of carbonyl (C=O) groups excluding carboxylic acids is 1. The number of ether oxygens (including phenoxy) is 2. The highest BCUT2D eigenvalue weighted by molar-refractivity contribution is 9.08. The summed E-state index contributed by atoms with van der Waals surface area (Å²) in [5.74, 6) is 0.651. The number of aromatic nitrogens is 2. The fourth-order valence-corrected chi connectivity index (χ4v) is 3.17. The van der Waals surface area contributed by atoms with Gasteiger partial charge in [-0.1, -0.05) is 15.9 Å². The van der Waals surface area contributed by atoms with Crippen molar-refractivity contribution in [3.8, 4) is 0 Å². The van der Waals surface area contributed by atoms with E-state index in [0.29, 0.717) is 30.0 Å². The van der Waals surface area contributed by atoms with E-state index < -0.39 is 0 Å². The Labute approximate surface area is 123 Å². The molecule has 0 radical (unpaired) electrons. The highest BCUT2D eigenvalue weighted by Gasteiger charge is 2.17. The van der Waals surface area contributed by atoms with Crippen molar-refractivity contribution >= 4 is 43.6 Å². The molecule has 0 saturated carbocycles. The zero-order valence-corrected chi connectivity index (χ0v) is 13.2. The van der Waals surface area contributed by atoms with Gasteiger partial charge in [0.1, 0.15) is 15.5 Å². The molecule has 0 aliphatic heterocycles. The smallest absolute Gasteiger partial charge is 0.348 e. The topological polar surface area (TPSA) is 53.3 Å². The molecule has 0 N–H and O–H groups in total. The summed E-state index contributed by atoms with van der Waals surface area (Å²) in [5.41, 5.74) is 0.958. The lowest BCUT2D eigenvalue weighted by molar-refractivity contribution is 0.0532. The van der Waals surface area contributed by atoms with E-state index in [2.05, 4.69) is 25.5 Å². The zero-order valence-electron chi connectivity index (χ0n) is 10.8. The number of nitrogens with zero attached hydrogens (tertiary/aromatic N) is 2. The number of rotatable bonds is 6. The van der Waals surface area contributed by atoms with Crippen LogP contribution in [0.1, 0.15) is 22.4 Å². The summed E-state index contributed by atoms with van der Waals surface area (Å²) in [7, 11) is 1.67. The van der Waals surface area contributed by atoms with Crippen molar-refractivity contribution in [2.75, 3.05) is 20.3 Å². The van der Waals surface area contributed by atoms with E-state index >= 15 is 0 Å². The van der Waals surface area contributed by atoms with E-state index in [1.807, 2.05) is 6.07 Å². The summed E-state index contributed by atoms with van der Waals surface area (Å²) >= 11 is 4.79. The summed E-state index contributed by atoms with van der Waals surface area (Å²) in [6, 6.07) is 1.84. The molecule has 2 aromatic heterocycles. The van der Waals surface area contributed by atoms with E-state index in [4.69, 9.17) is 9.47 Å². The van der Waals surface area contributed by atoms with E-state index in [1.54, 1.807) is 14.0 Å². The van der Waals surface area contributed by atoms with Crippen LogP contribution in [0.5, 0.6) is 0 Å². The first-order valence-corrected chi connectivity index (χ1v) is 7.86. The monoisotopic (exact) mass is 346 g/mol. The van der Waals surface area contributed by atoms with Crippen LogP contribution in [0.2, 0.25) is 0 Å². The molecule has 0 aliphatic carbocycles. The maximum absolute atomic E-state index is 11.7. The predicted molar refractivity (Wildman–Crippen MR) is 78.1 cm³/mol. The SMILES string of the molecule is CCOC(=O)c1cc2c(nc(CBr)n2CCOC)s1. The van der Waals surface area contributed by atoms with Gasteiger partial charge in [-0.2, -0.15) is 0 Å². The van der Waals surface area contributed by atoms with Crippen molar-refractivity contribution in [3.63, 3.8) is 0 Å². The second-order valence-corrected chi connectivity index (χ2v) is 5.42. The molecule has 19 heavy (non-hydrogen) atoms. The number of methoxy groups -OCH3 is 1. The number of fused-ring (bicyclic) bond motifs is 1. The first-order chi connectivity index (χ1) is 9.21. The molecule has 0 spiro atoms. The number of thiophene rings is 1. The molecule has 5 nitrogen and oxygen atoms in total. The number of carbonyl (C=O) groups is 1. The Bertz CT molecular complexity index is 579. The van der Waals surface area contributed by atoms with Crippen molar-refractivity contribution < 1.29 is 14.3 Å². The normalized spacial score (nSPS) is 11.1. The van der Waals surface area contributed by atoms with E-state index in [1.165, 1.54) is 11.3 Å². The van der Waals surface area contributed by atoms with Gasteiger partial charge in [-0.3, -0.25) is 0 Å². The maximum Gasteiger partial charge on any atom is 0.348 e. The van der Waals surface area contributed by atoms with Gasteiger partial charge in [0.15, 0.2) is 0 Å². The van der Waals surface area contributed by atoms with Crippen molar-refractivity contribution in [1.82, 2.24) is 9.55 Å². The van der Waals surface area contributed by atoms with Gasteiger partial charge in [-0.25, -0.2) is 9.78 Å². The molecule has 0 aliphatic rings. The second kappa shape index (κ2) is 6.49. The average molecular weight is 347 g/mol. The van der Waals surface area contributed by atoms with Gasteiger partial charge in [-0.05, 0) is 13.0 Å². The summed E-state index contributed by atoms with van der Waals surface area (Å²) in [6.45, 7) is 3.50. The molecule has 7 heteroatoms. The van der Waals surface area contributed by atoms with Crippen LogP contribution in [0.4, 0.5) is 0 Å². The molecular weight excluding hydrogens is 332 g/mol. The van der Waals surface area contributed by atoms with Crippen LogP contribution in [0.25, 0.3) is 10.3 Å². The molecule has 104 valence electrons. The summed E-state index contributed by atoms with van der Waals surface area (Å²) in [6.07, 6.45) is 0. The maximum atomic E-state index is 11.7. The van der Waals surface area contributed by atoms with Gasteiger partial charge in [-0.15, -0.1) is 11.3 Å². The molecular formula is C12H15BrN2O3S. The van der Waals surface area contributed by atoms with Crippen molar-refractivity contribution in [2.24, 2.45) is 0 Å². The van der Waals surface area contributed by atoms with Crippen LogP contribution in [0, 0.1) is 0 Å². The molecule has 2 rings (SSSR count). The minimum Gasteiger partial charge on any atom is -0.462 e. The van der Waals surface area contributed by atoms with Gasteiger partial charge < -0.3 is 14.0 Å². The van der Waals surface area contributed by atoms with Gasteiger partial charge in [0.25, 0.3) is 0 Å². The lowest BCUT2D eigenvalue weighted by atomic mass is 10.4. The van der Waals surface area contributed by atoms with Crippen LogP contribution in [-0.4, -0.2) is 35.8 Å². The standard InChI is InChI=1S/C12H15BrN2O3S/c1-3-18-12(16)9-6-8-11(19-9)14-10(7-13)15(8)4-5-17-2/h6H,3-5,7H2,1-2H3. The highest BCUT2D eigenvalue weighted by Crippen LogP contribution is 2.27. The van der Waals surface area contributed by atoms with Gasteiger partial charge in [0.05, 0.1) is 24.1 Å².